The van der Waals surface area contributed by atoms with Gasteiger partial charge in [0.15, 0.2) is 0 Å². The summed E-state index contributed by atoms with van der Waals surface area (Å²) >= 11 is 0. The maximum absolute atomic E-state index is 3.70. The molecule has 2 atom stereocenters. The zero-order chi connectivity index (χ0) is 13.5. The summed E-state index contributed by atoms with van der Waals surface area (Å²) < 4.78 is 0. The SMILES string of the molecule is Cc1cccc(CCC(C)NCC2CC=CCC2)c1. The minimum atomic E-state index is 0.617. The van der Waals surface area contributed by atoms with Crippen molar-refractivity contribution in [1.29, 1.82) is 0 Å². The summed E-state index contributed by atoms with van der Waals surface area (Å²) in [6.07, 6.45) is 11.0. The molecule has 0 spiro atoms. The molecule has 0 amide bonds. The van der Waals surface area contributed by atoms with Crippen LogP contribution in [0, 0.1) is 12.8 Å². The molecule has 1 nitrogen and oxygen atoms in total. The van der Waals surface area contributed by atoms with E-state index in [9.17, 15) is 0 Å². The van der Waals surface area contributed by atoms with Crippen molar-refractivity contribution in [3.63, 3.8) is 0 Å². The van der Waals surface area contributed by atoms with Crippen molar-refractivity contribution in [2.24, 2.45) is 5.92 Å². The van der Waals surface area contributed by atoms with Crippen molar-refractivity contribution in [3.8, 4) is 0 Å². The van der Waals surface area contributed by atoms with E-state index in [-0.39, 0.29) is 0 Å². The third-order valence-electron chi connectivity index (χ3n) is 4.08. The molecule has 1 N–H and O–H groups in total. The Hall–Kier alpha value is -1.08. The van der Waals surface area contributed by atoms with E-state index in [4.69, 9.17) is 0 Å². The zero-order valence-electron chi connectivity index (χ0n) is 12.4. The van der Waals surface area contributed by atoms with Crippen LogP contribution in [-0.4, -0.2) is 12.6 Å². The Bertz CT molecular complexity index is 408. The number of benzene rings is 1. The molecule has 0 heterocycles. The molecule has 1 aromatic rings. The quantitative estimate of drug-likeness (QED) is 0.751. The van der Waals surface area contributed by atoms with Crippen LogP contribution in [0.25, 0.3) is 0 Å². The molecular weight excluding hydrogens is 230 g/mol. The number of hydrogen-bond donors (Lipinski definition) is 1. The fourth-order valence-electron chi connectivity index (χ4n) is 2.76. The monoisotopic (exact) mass is 257 g/mol. The Kier molecular flexibility index (Phi) is 5.65. The normalized spacial score (nSPS) is 20.4. The first-order valence-electron chi connectivity index (χ1n) is 7.68. The molecular formula is C18H27N. The summed E-state index contributed by atoms with van der Waals surface area (Å²) in [5, 5.41) is 3.70. The molecule has 2 unspecified atom stereocenters. The van der Waals surface area contributed by atoms with E-state index in [1.165, 1.54) is 49.8 Å². The van der Waals surface area contributed by atoms with Crippen molar-refractivity contribution >= 4 is 0 Å². The van der Waals surface area contributed by atoms with E-state index in [1.807, 2.05) is 0 Å². The summed E-state index contributed by atoms with van der Waals surface area (Å²) in [4.78, 5) is 0. The average Bonchev–Trinajstić information content (AvgIpc) is 2.44. The van der Waals surface area contributed by atoms with Crippen molar-refractivity contribution < 1.29 is 0 Å². The number of allylic oxidation sites excluding steroid dienone is 2. The van der Waals surface area contributed by atoms with Crippen molar-refractivity contribution in [2.45, 2.75) is 52.0 Å². The lowest BCUT2D eigenvalue weighted by Crippen LogP contribution is -2.31. The lowest BCUT2D eigenvalue weighted by atomic mass is 9.94. The van der Waals surface area contributed by atoms with Crippen LogP contribution in [0.2, 0.25) is 0 Å². The lowest BCUT2D eigenvalue weighted by Gasteiger charge is -2.21. The maximum Gasteiger partial charge on any atom is 0.00420 e. The second-order valence-electron chi connectivity index (χ2n) is 5.99. The standard InChI is InChI=1S/C18H27N/c1-15-7-6-10-17(13-15)12-11-16(2)19-14-18-8-4-3-5-9-18/h3-4,6-7,10,13,16,18-19H,5,8-9,11-12,14H2,1-2H3. The Morgan fingerprint density at radius 2 is 2.21 bits per heavy atom. The molecule has 19 heavy (non-hydrogen) atoms. The largest absolute Gasteiger partial charge is 0.314 e. The molecule has 0 saturated heterocycles. The van der Waals surface area contributed by atoms with Crippen LogP contribution in [0.3, 0.4) is 0 Å². The third kappa shape index (κ3) is 5.20. The Balaban J connectivity index is 1.66. The van der Waals surface area contributed by atoms with Gasteiger partial charge in [0, 0.05) is 6.04 Å². The first kappa shape index (κ1) is 14.3. The minimum Gasteiger partial charge on any atom is -0.314 e. The molecule has 1 aliphatic carbocycles. The van der Waals surface area contributed by atoms with Crippen LogP contribution in [0.4, 0.5) is 0 Å². The molecule has 1 aliphatic rings. The van der Waals surface area contributed by atoms with Crippen LogP contribution in [-0.2, 0) is 6.42 Å². The number of nitrogens with one attached hydrogen (secondary N) is 1. The second-order valence-corrected chi connectivity index (χ2v) is 5.99. The van der Waals surface area contributed by atoms with Gasteiger partial charge in [-0.05, 0) is 64.0 Å². The highest BCUT2D eigenvalue weighted by Crippen LogP contribution is 2.17. The third-order valence-corrected chi connectivity index (χ3v) is 4.08. The van der Waals surface area contributed by atoms with E-state index in [2.05, 4.69) is 55.6 Å². The average molecular weight is 257 g/mol. The molecule has 0 aliphatic heterocycles. The van der Waals surface area contributed by atoms with Crippen LogP contribution in [0.15, 0.2) is 36.4 Å². The second kappa shape index (κ2) is 7.49. The predicted molar refractivity (Wildman–Crippen MR) is 83.4 cm³/mol. The van der Waals surface area contributed by atoms with Gasteiger partial charge in [0.2, 0.25) is 0 Å². The molecule has 0 aromatic heterocycles. The minimum absolute atomic E-state index is 0.617. The van der Waals surface area contributed by atoms with Gasteiger partial charge in [0.25, 0.3) is 0 Å². The number of hydrogen-bond acceptors (Lipinski definition) is 1. The van der Waals surface area contributed by atoms with Crippen molar-refractivity contribution in [2.75, 3.05) is 6.54 Å². The van der Waals surface area contributed by atoms with Gasteiger partial charge in [0.1, 0.15) is 0 Å². The van der Waals surface area contributed by atoms with Gasteiger partial charge < -0.3 is 5.32 Å². The first-order chi connectivity index (χ1) is 9.24. The van der Waals surface area contributed by atoms with Crippen molar-refractivity contribution in [1.82, 2.24) is 5.32 Å². The van der Waals surface area contributed by atoms with E-state index >= 15 is 0 Å². The van der Waals surface area contributed by atoms with Gasteiger partial charge in [-0.3, -0.25) is 0 Å². The van der Waals surface area contributed by atoms with Gasteiger partial charge in [-0.15, -0.1) is 0 Å². The lowest BCUT2D eigenvalue weighted by molar-refractivity contribution is 0.402. The summed E-state index contributed by atoms with van der Waals surface area (Å²) in [5.41, 5.74) is 2.83. The molecule has 0 bridgehead atoms. The van der Waals surface area contributed by atoms with Gasteiger partial charge >= 0.3 is 0 Å². The van der Waals surface area contributed by atoms with E-state index in [0.717, 1.165) is 5.92 Å². The van der Waals surface area contributed by atoms with Gasteiger partial charge in [-0.25, -0.2) is 0 Å². The van der Waals surface area contributed by atoms with Gasteiger partial charge in [-0.2, -0.15) is 0 Å². The fraction of sp³-hybridized carbons (Fsp3) is 0.556. The molecule has 0 fully saturated rings. The summed E-state index contributed by atoms with van der Waals surface area (Å²) in [5.74, 6) is 0.853. The Morgan fingerprint density at radius 3 is 2.95 bits per heavy atom. The topological polar surface area (TPSA) is 12.0 Å². The van der Waals surface area contributed by atoms with E-state index in [1.54, 1.807) is 0 Å². The predicted octanol–water partition coefficient (Wildman–Crippen LogP) is 4.26. The maximum atomic E-state index is 3.70. The summed E-state index contributed by atoms with van der Waals surface area (Å²) in [6.45, 7) is 5.66. The van der Waals surface area contributed by atoms with Crippen LogP contribution < -0.4 is 5.32 Å². The highest BCUT2D eigenvalue weighted by molar-refractivity contribution is 5.22. The highest BCUT2D eigenvalue weighted by atomic mass is 14.9. The van der Waals surface area contributed by atoms with Crippen LogP contribution in [0.5, 0.6) is 0 Å². The molecule has 0 saturated carbocycles. The molecule has 104 valence electrons. The van der Waals surface area contributed by atoms with Crippen LogP contribution >= 0.6 is 0 Å². The zero-order valence-corrected chi connectivity index (χ0v) is 12.4. The van der Waals surface area contributed by atoms with E-state index < -0.39 is 0 Å². The Labute approximate surface area is 118 Å². The summed E-state index contributed by atoms with van der Waals surface area (Å²) in [7, 11) is 0. The van der Waals surface area contributed by atoms with E-state index in [0.29, 0.717) is 6.04 Å². The number of rotatable bonds is 6. The molecule has 1 heteroatoms. The highest BCUT2D eigenvalue weighted by Gasteiger charge is 2.11. The molecule has 0 radical (unpaired) electrons. The molecule has 1 aromatic carbocycles. The molecule has 2 rings (SSSR count). The first-order valence-corrected chi connectivity index (χ1v) is 7.68. The van der Waals surface area contributed by atoms with Crippen molar-refractivity contribution in [3.05, 3.63) is 47.5 Å². The van der Waals surface area contributed by atoms with Crippen LogP contribution in [0.1, 0.15) is 43.7 Å². The van der Waals surface area contributed by atoms with Gasteiger partial charge in [-0.1, -0.05) is 42.0 Å². The van der Waals surface area contributed by atoms with Gasteiger partial charge in [0.05, 0.1) is 0 Å². The number of aryl methyl sites for hydroxylation is 2. The smallest absolute Gasteiger partial charge is 0.00420 e. The Morgan fingerprint density at radius 1 is 1.32 bits per heavy atom. The summed E-state index contributed by atoms with van der Waals surface area (Å²) in [6, 6.07) is 9.50. The fourth-order valence-corrected chi connectivity index (χ4v) is 2.76.